The number of carbonyl (C=O) groups is 2. The van der Waals surface area contributed by atoms with Gasteiger partial charge in [-0.05, 0) is 25.0 Å². The zero-order valence-corrected chi connectivity index (χ0v) is 12.5. The molecule has 1 N–H and O–H groups in total. The number of nitrogens with one attached hydrogen (secondary N) is 1. The van der Waals surface area contributed by atoms with Gasteiger partial charge in [0.1, 0.15) is 17.5 Å². The lowest BCUT2D eigenvalue weighted by atomic mass is 10.1. The number of likely N-dealkylation sites (N-methyl/N-ethyl adjacent to an activating group) is 1. The standard InChI is InChI=1S/C15H20N2O4/c1-16-14(18)12-5-4-8-17(12)15(19)11-7-6-10(20-2)9-13(11)21-3/h6-7,9,12H,4-5,8H2,1-3H3,(H,16,18)/t12-/m0/s1. The van der Waals surface area contributed by atoms with Crippen LogP contribution < -0.4 is 14.8 Å². The predicted molar refractivity (Wildman–Crippen MR) is 77.7 cm³/mol. The Hall–Kier alpha value is -2.24. The zero-order chi connectivity index (χ0) is 15.4. The van der Waals surface area contributed by atoms with E-state index in [1.54, 1.807) is 37.3 Å². The highest BCUT2D eigenvalue weighted by Crippen LogP contribution is 2.28. The highest BCUT2D eigenvalue weighted by Gasteiger charge is 2.35. The third kappa shape index (κ3) is 2.94. The maximum absolute atomic E-state index is 12.7. The van der Waals surface area contributed by atoms with Crippen molar-refractivity contribution in [3.63, 3.8) is 0 Å². The Labute approximate surface area is 124 Å². The van der Waals surface area contributed by atoms with Crippen molar-refractivity contribution < 1.29 is 19.1 Å². The van der Waals surface area contributed by atoms with Crippen molar-refractivity contribution in [2.24, 2.45) is 0 Å². The number of ether oxygens (including phenoxy) is 2. The Morgan fingerprint density at radius 1 is 1.29 bits per heavy atom. The number of carbonyl (C=O) groups excluding carboxylic acids is 2. The molecule has 0 saturated carbocycles. The van der Waals surface area contributed by atoms with Crippen LogP contribution in [0.5, 0.6) is 11.5 Å². The minimum atomic E-state index is -0.408. The molecule has 1 fully saturated rings. The van der Waals surface area contributed by atoms with Crippen molar-refractivity contribution in [1.82, 2.24) is 10.2 Å². The van der Waals surface area contributed by atoms with Crippen molar-refractivity contribution in [2.75, 3.05) is 27.8 Å². The minimum Gasteiger partial charge on any atom is -0.497 e. The maximum atomic E-state index is 12.7. The number of amides is 2. The van der Waals surface area contributed by atoms with E-state index in [-0.39, 0.29) is 11.8 Å². The molecule has 21 heavy (non-hydrogen) atoms. The van der Waals surface area contributed by atoms with Gasteiger partial charge in [-0.3, -0.25) is 9.59 Å². The lowest BCUT2D eigenvalue weighted by Crippen LogP contribution is -2.45. The van der Waals surface area contributed by atoms with Crippen LogP contribution in [0, 0.1) is 0 Å². The van der Waals surface area contributed by atoms with E-state index < -0.39 is 6.04 Å². The summed E-state index contributed by atoms with van der Waals surface area (Å²) in [6, 6.07) is 4.63. The van der Waals surface area contributed by atoms with Crippen LogP contribution in [-0.4, -0.2) is 50.6 Å². The van der Waals surface area contributed by atoms with E-state index in [2.05, 4.69) is 5.32 Å². The van der Waals surface area contributed by atoms with Crippen LogP contribution in [0.4, 0.5) is 0 Å². The molecule has 1 saturated heterocycles. The molecule has 1 aliphatic heterocycles. The number of likely N-dealkylation sites (tertiary alicyclic amines) is 1. The summed E-state index contributed by atoms with van der Waals surface area (Å²) in [4.78, 5) is 26.1. The van der Waals surface area contributed by atoms with E-state index in [1.165, 1.54) is 7.11 Å². The van der Waals surface area contributed by atoms with Crippen molar-refractivity contribution in [2.45, 2.75) is 18.9 Å². The normalized spacial score (nSPS) is 17.5. The van der Waals surface area contributed by atoms with Gasteiger partial charge in [-0.1, -0.05) is 0 Å². The molecule has 0 aromatic heterocycles. The van der Waals surface area contributed by atoms with Crippen LogP contribution >= 0.6 is 0 Å². The van der Waals surface area contributed by atoms with Crippen molar-refractivity contribution in [3.05, 3.63) is 23.8 Å². The third-order valence-corrected chi connectivity index (χ3v) is 3.70. The third-order valence-electron chi connectivity index (χ3n) is 3.70. The van der Waals surface area contributed by atoms with E-state index in [0.717, 1.165) is 6.42 Å². The Bertz CT molecular complexity index is 544. The highest BCUT2D eigenvalue weighted by molar-refractivity contribution is 6.00. The molecule has 1 heterocycles. The Morgan fingerprint density at radius 2 is 2.05 bits per heavy atom. The summed E-state index contributed by atoms with van der Waals surface area (Å²) in [5.74, 6) is 0.739. The van der Waals surface area contributed by atoms with Crippen molar-refractivity contribution in [1.29, 1.82) is 0 Å². The second kappa shape index (κ2) is 6.47. The Kier molecular flexibility index (Phi) is 4.67. The fourth-order valence-corrected chi connectivity index (χ4v) is 2.58. The molecule has 0 spiro atoms. The fraction of sp³-hybridized carbons (Fsp3) is 0.467. The first-order valence-electron chi connectivity index (χ1n) is 6.87. The van der Waals surface area contributed by atoms with Gasteiger partial charge >= 0.3 is 0 Å². The van der Waals surface area contributed by atoms with Crippen LogP contribution in [0.1, 0.15) is 23.2 Å². The highest BCUT2D eigenvalue weighted by atomic mass is 16.5. The molecule has 2 rings (SSSR count). The predicted octanol–water partition coefficient (Wildman–Crippen LogP) is 1.05. The van der Waals surface area contributed by atoms with Crippen molar-refractivity contribution in [3.8, 4) is 11.5 Å². The van der Waals surface area contributed by atoms with Gasteiger partial charge in [0.25, 0.3) is 5.91 Å². The molecular weight excluding hydrogens is 272 g/mol. The summed E-state index contributed by atoms with van der Waals surface area (Å²) < 4.78 is 10.4. The monoisotopic (exact) mass is 292 g/mol. The summed E-state index contributed by atoms with van der Waals surface area (Å²) in [6.45, 7) is 0.575. The largest absolute Gasteiger partial charge is 0.497 e. The summed E-state index contributed by atoms with van der Waals surface area (Å²) in [7, 11) is 4.64. The van der Waals surface area contributed by atoms with Gasteiger partial charge < -0.3 is 19.7 Å². The average Bonchev–Trinajstić information content (AvgIpc) is 3.02. The van der Waals surface area contributed by atoms with E-state index in [9.17, 15) is 9.59 Å². The van der Waals surface area contributed by atoms with E-state index >= 15 is 0 Å². The molecule has 6 nitrogen and oxygen atoms in total. The Morgan fingerprint density at radius 3 is 2.67 bits per heavy atom. The minimum absolute atomic E-state index is 0.131. The first kappa shape index (κ1) is 15.2. The van der Waals surface area contributed by atoms with Gasteiger partial charge in [0, 0.05) is 19.7 Å². The maximum Gasteiger partial charge on any atom is 0.258 e. The van der Waals surface area contributed by atoms with Crippen LogP contribution in [0.15, 0.2) is 18.2 Å². The number of benzene rings is 1. The van der Waals surface area contributed by atoms with Gasteiger partial charge in [0.2, 0.25) is 5.91 Å². The lowest BCUT2D eigenvalue weighted by molar-refractivity contribution is -0.124. The van der Waals surface area contributed by atoms with Crippen LogP contribution in [0.3, 0.4) is 0 Å². The smallest absolute Gasteiger partial charge is 0.258 e. The number of hydrogen-bond donors (Lipinski definition) is 1. The summed E-state index contributed by atoms with van der Waals surface area (Å²) in [5.41, 5.74) is 0.439. The summed E-state index contributed by atoms with van der Waals surface area (Å²) in [5, 5.41) is 2.61. The zero-order valence-electron chi connectivity index (χ0n) is 12.5. The molecule has 0 unspecified atom stereocenters. The number of hydrogen-bond acceptors (Lipinski definition) is 4. The van der Waals surface area contributed by atoms with Gasteiger partial charge in [-0.15, -0.1) is 0 Å². The second-order valence-corrected chi connectivity index (χ2v) is 4.84. The molecule has 0 bridgehead atoms. The molecule has 1 aromatic carbocycles. The fourth-order valence-electron chi connectivity index (χ4n) is 2.58. The lowest BCUT2D eigenvalue weighted by Gasteiger charge is -2.24. The number of methoxy groups -OCH3 is 2. The molecule has 114 valence electrons. The molecule has 1 aliphatic rings. The first-order chi connectivity index (χ1) is 10.1. The molecule has 6 heteroatoms. The van der Waals surface area contributed by atoms with E-state index in [4.69, 9.17) is 9.47 Å². The van der Waals surface area contributed by atoms with Crippen LogP contribution in [-0.2, 0) is 4.79 Å². The van der Waals surface area contributed by atoms with Gasteiger partial charge in [0.15, 0.2) is 0 Å². The van der Waals surface area contributed by atoms with E-state index in [1.807, 2.05) is 0 Å². The molecular formula is C15H20N2O4. The SMILES string of the molecule is CNC(=O)[C@@H]1CCCN1C(=O)c1ccc(OC)cc1OC. The summed E-state index contributed by atoms with van der Waals surface area (Å²) >= 11 is 0. The molecule has 0 aliphatic carbocycles. The molecule has 1 aromatic rings. The van der Waals surface area contributed by atoms with Gasteiger partial charge in [0.05, 0.1) is 19.8 Å². The van der Waals surface area contributed by atoms with Crippen molar-refractivity contribution >= 4 is 11.8 Å². The van der Waals surface area contributed by atoms with Gasteiger partial charge in [-0.2, -0.15) is 0 Å². The molecule has 2 amide bonds. The average molecular weight is 292 g/mol. The Balaban J connectivity index is 2.29. The first-order valence-corrected chi connectivity index (χ1v) is 6.87. The second-order valence-electron chi connectivity index (χ2n) is 4.84. The van der Waals surface area contributed by atoms with Crippen LogP contribution in [0.25, 0.3) is 0 Å². The van der Waals surface area contributed by atoms with E-state index in [0.29, 0.717) is 30.0 Å². The number of nitrogens with zero attached hydrogens (tertiary/aromatic N) is 1. The summed E-state index contributed by atoms with van der Waals surface area (Å²) in [6.07, 6.45) is 1.51. The molecule has 1 atom stereocenters. The van der Waals surface area contributed by atoms with Gasteiger partial charge in [-0.25, -0.2) is 0 Å². The topological polar surface area (TPSA) is 67.9 Å². The van der Waals surface area contributed by atoms with Crippen LogP contribution in [0.2, 0.25) is 0 Å². The molecule has 0 radical (unpaired) electrons. The quantitative estimate of drug-likeness (QED) is 0.901. The number of rotatable bonds is 4.